The number of fused-ring (bicyclic) bond motifs is 2. The van der Waals surface area contributed by atoms with Crippen LogP contribution in [0.15, 0.2) is 48.5 Å². The summed E-state index contributed by atoms with van der Waals surface area (Å²) in [6.45, 7) is 0. The Morgan fingerprint density at radius 1 is 0.909 bits per heavy atom. The maximum Gasteiger partial charge on any atom is 0.123 e. The van der Waals surface area contributed by atoms with E-state index in [0.717, 1.165) is 29.7 Å². The fraction of sp³-hybridized carbons (Fsp3) is 0.368. The number of ether oxygens (including phenoxy) is 1. The molecule has 2 saturated heterocycles. The van der Waals surface area contributed by atoms with Crippen LogP contribution in [0.2, 0.25) is 0 Å². The number of halogens is 1. The van der Waals surface area contributed by atoms with Gasteiger partial charge in [0.15, 0.2) is 0 Å². The van der Waals surface area contributed by atoms with E-state index in [1.807, 2.05) is 30.3 Å². The minimum Gasteiger partial charge on any atom is -0.490 e. The van der Waals surface area contributed by atoms with Crippen LogP contribution in [0.4, 0.5) is 4.39 Å². The van der Waals surface area contributed by atoms with Gasteiger partial charge in [0.1, 0.15) is 17.7 Å². The van der Waals surface area contributed by atoms with Gasteiger partial charge in [-0.1, -0.05) is 24.3 Å². The van der Waals surface area contributed by atoms with Crippen molar-refractivity contribution in [2.45, 2.75) is 43.9 Å². The number of hydrogen-bond acceptors (Lipinski definition) is 2. The number of piperidine rings is 1. The Hall–Kier alpha value is -1.87. The highest BCUT2D eigenvalue weighted by molar-refractivity contribution is 5.65. The Labute approximate surface area is 130 Å². The van der Waals surface area contributed by atoms with Crippen LogP contribution in [0, 0.1) is 5.82 Å². The summed E-state index contributed by atoms with van der Waals surface area (Å²) in [6.07, 6.45) is 5.00. The van der Waals surface area contributed by atoms with Crippen molar-refractivity contribution in [1.29, 1.82) is 0 Å². The Morgan fingerprint density at radius 2 is 1.59 bits per heavy atom. The zero-order chi connectivity index (χ0) is 14.9. The van der Waals surface area contributed by atoms with Gasteiger partial charge >= 0.3 is 0 Å². The Balaban J connectivity index is 1.52. The third-order valence-corrected chi connectivity index (χ3v) is 4.72. The third kappa shape index (κ3) is 2.86. The van der Waals surface area contributed by atoms with Crippen molar-refractivity contribution in [3.63, 3.8) is 0 Å². The van der Waals surface area contributed by atoms with Gasteiger partial charge in [-0.15, -0.1) is 0 Å². The minimum atomic E-state index is -0.209. The number of hydrogen-bond donors (Lipinski definition) is 1. The first kappa shape index (κ1) is 13.8. The number of benzene rings is 2. The van der Waals surface area contributed by atoms with Crippen molar-refractivity contribution >= 4 is 0 Å². The van der Waals surface area contributed by atoms with Gasteiger partial charge in [-0.25, -0.2) is 4.39 Å². The molecule has 2 aromatic rings. The molecule has 3 atom stereocenters. The zero-order valence-corrected chi connectivity index (χ0v) is 12.5. The second-order valence-corrected chi connectivity index (χ2v) is 6.39. The second-order valence-electron chi connectivity index (χ2n) is 6.39. The minimum absolute atomic E-state index is 0.209. The molecule has 114 valence electrons. The van der Waals surface area contributed by atoms with E-state index in [0.29, 0.717) is 18.2 Å². The second kappa shape index (κ2) is 5.73. The number of nitrogens with one attached hydrogen (secondary N) is 1. The van der Waals surface area contributed by atoms with Crippen LogP contribution in [0.25, 0.3) is 11.1 Å². The maximum atomic E-state index is 13.4. The lowest BCUT2D eigenvalue weighted by Gasteiger charge is -2.29. The van der Waals surface area contributed by atoms with Gasteiger partial charge < -0.3 is 10.1 Å². The van der Waals surface area contributed by atoms with Crippen molar-refractivity contribution in [3.05, 3.63) is 54.3 Å². The molecule has 22 heavy (non-hydrogen) atoms. The van der Waals surface area contributed by atoms with Gasteiger partial charge in [0, 0.05) is 12.1 Å². The van der Waals surface area contributed by atoms with Crippen molar-refractivity contribution in [2.24, 2.45) is 0 Å². The molecule has 2 bridgehead atoms. The largest absolute Gasteiger partial charge is 0.490 e. The molecule has 4 rings (SSSR count). The quantitative estimate of drug-likeness (QED) is 0.918. The van der Waals surface area contributed by atoms with E-state index in [1.54, 1.807) is 12.1 Å². The highest BCUT2D eigenvalue weighted by Crippen LogP contribution is 2.31. The molecule has 2 heterocycles. The van der Waals surface area contributed by atoms with Crippen LogP contribution >= 0.6 is 0 Å². The van der Waals surface area contributed by atoms with E-state index < -0.39 is 0 Å². The Kier molecular flexibility index (Phi) is 3.59. The van der Waals surface area contributed by atoms with Gasteiger partial charge in [-0.3, -0.25) is 0 Å². The molecule has 2 aliphatic rings. The predicted octanol–water partition coefficient (Wildman–Crippen LogP) is 4.15. The first-order valence-electron chi connectivity index (χ1n) is 8.05. The van der Waals surface area contributed by atoms with Crippen molar-refractivity contribution < 1.29 is 9.13 Å². The van der Waals surface area contributed by atoms with E-state index in [2.05, 4.69) is 5.32 Å². The smallest absolute Gasteiger partial charge is 0.123 e. The summed E-state index contributed by atoms with van der Waals surface area (Å²) in [5, 5.41) is 3.63. The molecule has 0 aliphatic carbocycles. The molecule has 2 aliphatic heterocycles. The van der Waals surface area contributed by atoms with Crippen molar-refractivity contribution in [1.82, 2.24) is 5.32 Å². The number of rotatable bonds is 3. The Bertz CT molecular complexity index is 660. The summed E-state index contributed by atoms with van der Waals surface area (Å²) < 4.78 is 19.6. The van der Waals surface area contributed by atoms with E-state index in [-0.39, 0.29) is 5.82 Å². The summed E-state index contributed by atoms with van der Waals surface area (Å²) in [5.41, 5.74) is 1.88. The van der Waals surface area contributed by atoms with Gasteiger partial charge in [0.2, 0.25) is 0 Å². The standard InChI is InChI=1S/C19H20FNO/c20-15-5-1-3-13(9-15)14-4-2-6-18(10-14)22-19-11-16-7-8-17(12-19)21-16/h1-6,9-10,16-17,19,21H,7-8,11-12H2/t16-,17+,19-. The lowest BCUT2D eigenvalue weighted by molar-refractivity contribution is 0.137. The molecular weight excluding hydrogens is 277 g/mol. The van der Waals surface area contributed by atoms with E-state index in [9.17, 15) is 4.39 Å². The topological polar surface area (TPSA) is 21.3 Å². The summed E-state index contributed by atoms with van der Waals surface area (Å²) in [6, 6.07) is 15.9. The maximum absolute atomic E-state index is 13.4. The molecule has 0 radical (unpaired) electrons. The molecule has 2 aromatic carbocycles. The molecule has 0 aromatic heterocycles. The molecule has 3 heteroatoms. The fourth-order valence-electron chi connectivity index (χ4n) is 3.71. The van der Waals surface area contributed by atoms with Gasteiger partial charge in [0.25, 0.3) is 0 Å². The van der Waals surface area contributed by atoms with Gasteiger partial charge in [-0.05, 0) is 61.1 Å². The summed E-state index contributed by atoms with van der Waals surface area (Å²) in [4.78, 5) is 0. The SMILES string of the molecule is Fc1cccc(-c2cccc(O[C@@H]3C[C@H]4CC[C@@H](C3)N4)c2)c1. The fourth-order valence-corrected chi connectivity index (χ4v) is 3.71. The molecule has 0 spiro atoms. The zero-order valence-electron chi connectivity index (χ0n) is 12.5. The predicted molar refractivity (Wildman–Crippen MR) is 85.4 cm³/mol. The normalized spacial score (nSPS) is 26.9. The van der Waals surface area contributed by atoms with E-state index in [4.69, 9.17) is 4.74 Å². The monoisotopic (exact) mass is 297 g/mol. The van der Waals surface area contributed by atoms with Crippen molar-refractivity contribution in [2.75, 3.05) is 0 Å². The first-order valence-corrected chi connectivity index (χ1v) is 8.05. The molecule has 0 saturated carbocycles. The molecule has 1 N–H and O–H groups in total. The molecule has 2 nitrogen and oxygen atoms in total. The van der Waals surface area contributed by atoms with Crippen LogP contribution in [0.5, 0.6) is 5.75 Å². The molecule has 0 unspecified atom stereocenters. The van der Waals surface area contributed by atoms with Crippen LogP contribution in [-0.2, 0) is 0 Å². The van der Waals surface area contributed by atoms with Crippen LogP contribution in [0.1, 0.15) is 25.7 Å². The third-order valence-electron chi connectivity index (χ3n) is 4.72. The highest BCUT2D eigenvalue weighted by Gasteiger charge is 2.34. The average Bonchev–Trinajstić information content (AvgIpc) is 2.86. The molecule has 2 fully saturated rings. The van der Waals surface area contributed by atoms with Gasteiger partial charge in [-0.2, -0.15) is 0 Å². The van der Waals surface area contributed by atoms with Crippen LogP contribution in [-0.4, -0.2) is 18.2 Å². The van der Waals surface area contributed by atoms with Crippen LogP contribution < -0.4 is 10.1 Å². The van der Waals surface area contributed by atoms with Gasteiger partial charge in [0.05, 0.1) is 0 Å². The lowest BCUT2D eigenvalue weighted by Crippen LogP contribution is -2.42. The highest BCUT2D eigenvalue weighted by atomic mass is 19.1. The van der Waals surface area contributed by atoms with Crippen LogP contribution in [0.3, 0.4) is 0 Å². The summed E-state index contributed by atoms with van der Waals surface area (Å²) in [7, 11) is 0. The first-order chi connectivity index (χ1) is 10.8. The summed E-state index contributed by atoms with van der Waals surface area (Å²) >= 11 is 0. The molecule has 0 amide bonds. The van der Waals surface area contributed by atoms with E-state index >= 15 is 0 Å². The van der Waals surface area contributed by atoms with Crippen molar-refractivity contribution in [3.8, 4) is 16.9 Å². The Morgan fingerprint density at radius 3 is 2.32 bits per heavy atom. The average molecular weight is 297 g/mol. The van der Waals surface area contributed by atoms with E-state index in [1.165, 1.54) is 18.9 Å². The lowest BCUT2D eigenvalue weighted by atomic mass is 10.0. The molecular formula is C19H20FNO. The summed E-state index contributed by atoms with van der Waals surface area (Å²) in [5.74, 6) is 0.673.